The minimum absolute atomic E-state index is 0.0880. The number of hydrogen-bond acceptors (Lipinski definition) is 4. The average Bonchev–Trinajstić information content (AvgIpc) is 2.31. The molecular formula is C13H20O4. The van der Waals surface area contributed by atoms with E-state index in [9.17, 15) is 4.79 Å². The molecule has 0 amide bonds. The van der Waals surface area contributed by atoms with E-state index in [0.717, 1.165) is 6.42 Å². The highest BCUT2D eigenvalue weighted by Crippen LogP contribution is 2.22. The first-order valence-corrected chi connectivity index (χ1v) is 5.63. The Bertz CT molecular complexity index is 315. The van der Waals surface area contributed by atoms with Crippen LogP contribution in [-0.2, 0) is 9.53 Å². The van der Waals surface area contributed by atoms with E-state index in [-0.39, 0.29) is 11.7 Å². The van der Waals surface area contributed by atoms with Gasteiger partial charge in [0.1, 0.15) is 0 Å². The van der Waals surface area contributed by atoms with Crippen LogP contribution in [0.3, 0.4) is 0 Å². The Morgan fingerprint density at radius 1 is 1.29 bits per heavy atom. The zero-order valence-corrected chi connectivity index (χ0v) is 10.6. The maximum atomic E-state index is 10.4. The van der Waals surface area contributed by atoms with Gasteiger partial charge in [0.2, 0.25) is 0 Å². The molecule has 0 aliphatic heterocycles. The molecule has 0 saturated heterocycles. The molecule has 4 nitrogen and oxygen atoms in total. The molecule has 1 N–H and O–H groups in total. The minimum Gasteiger partial charge on any atom is -0.504 e. The van der Waals surface area contributed by atoms with Gasteiger partial charge in [-0.05, 0) is 25.5 Å². The first-order chi connectivity index (χ1) is 8.15. The van der Waals surface area contributed by atoms with E-state index in [4.69, 9.17) is 9.84 Å². The number of rotatable bonds is 4. The second-order valence-corrected chi connectivity index (χ2v) is 3.23. The Labute approximate surface area is 102 Å². The minimum atomic E-state index is -0.0880. The van der Waals surface area contributed by atoms with E-state index in [1.54, 1.807) is 24.3 Å². The highest BCUT2D eigenvalue weighted by atomic mass is 16.5. The molecule has 1 aromatic rings. The van der Waals surface area contributed by atoms with Crippen molar-refractivity contribution in [1.29, 1.82) is 0 Å². The maximum absolute atomic E-state index is 10.4. The lowest BCUT2D eigenvalue weighted by Gasteiger charge is -1.99. The van der Waals surface area contributed by atoms with Crippen molar-refractivity contribution in [3.05, 3.63) is 24.3 Å². The topological polar surface area (TPSA) is 55.8 Å². The van der Waals surface area contributed by atoms with Crippen molar-refractivity contribution in [2.45, 2.75) is 26.7 Å². The van der Waals surface area contributed by atoms with Gasteiger partial charge in [-0.25, -0.2) is 0 Å². The number of carbonyl (C=O) groups is 1. The molecule has 0 fully saturated rings. The van der Waals surface area contributed by atoms with Crippen LogP contribution in [0.4, 0.5) is 0 Å². The molecule has 0 aliphatic carbocycles. The van der Waals surface area contributed by atoms with Gasteiger partial charge < -0.3 is 14.6 Å². The van der Waals surface area contributed by atoms with Crippen LogP contribution in [0.5, 0.6) is 11.5 Å². The fraction of sp³-hybridized carbons (Fsp3) is 0.462. The molecule has 0 radical (unpaired) electrons. The van der Waals surface area contributed by atoms with Crippen LogP contribution in [0.15, 0.2) is 24.3 Å². The number of benzene rings is 1. The number of esters is 1. The van der Waals surface area contributed by atoms with Crippen LogP contribution in [-0.4, -0.2) is 24.8 Å². The zero-order valence-electron chi connectivity index (χ0n) is 10.6. The van der Waals surface area contributed by atoms with Crippen molar-refractivity contribution in [1.82, 2.24) is 0 Å². The predicted octanol–water partition coefficient (Wildman–Crippen LogP) is 2.75. The third-order valence-corrected chi connectivity index (χ3v) is 1.84. The fourth-order valence-corrected chi connectivity index (χ4v) is 1.07. The average molecular weight is 240 g/mol. The van der Waals surface area contributed by atoms with Crippen LogP contribution in [0.1, 0.15) is 26.7 Å². The molecule has 1 aromatic carbocycles. The van der Waals surface area contributed by atoms with Crippen molar-refractivity contribution in [2.24, 2.45) is 0 Å². The lowest BCUT2D eigenvalue weighted by molar-refractivity contribution is -0.143. The SMILES string of the molecule is CCCC(=O)OCC.COc1ccccc1O. The second-order valence-electron chi connectivity index (χ2n) is 3.23. The largest absolute Gasteiger partial charge is 0.504 e. The molecule has 0 atom stereocenters. The molecule has 0 aliphatic rings. The Hall–Kier alpha value is -1.71. The van der Waals surface area contributed by atoms with Crippen molar-refractivity contribution >= 4 is 5.97 Å². The van der Waals surface area contributed by atoms with Gasteiger partial charge in [-0.15, -0.1) is 0 Å². The number of para-hydroxylation sites is 2. The quantitative estimate of drug-likeness (QED) is 0.822. The molecule has 96 valence electrons. The summed E-state index contributed by atoms with van der Waals surface area (Å²) in [6.45, 7) is 4.27. The monoisotopic (exact) mass is 240 g/mol. The summed E-state index contributed by atoms with van der Waals surface area (Å²) in [4.78, 5) is 10.4. The van der Waals surface area contributed by atoms with Gasteiger partial charge in [0.25, 0.3) is 0 Å². The number of phenolic OH excluding ortho intramolecular Hbond substituents is 1. The third-order valence-electron chi connectivity index (χ3n) is 1.84. The number of hydrogen-bond donors (Lipinski definition) is 1. The molecule has 0 spiro atoms. The Balaban J connectivity index is 0.000000304. The van der Waals surface area contributed by atoms with E-state index in [2.05, 4.69) is 4.74 Å². The summed E-state index contributed by atoms with van der Waals surface area (Å²) in [5.41, 5.74) is 0. The molecule has 0 heterocycles. The number of phenols is 1. The normalized spacial score (nSPS) is 8.88. The van der Waals surface area contributed by atoms with Gasteiger partial charge in [0, 0.05) is 6.42 Å². The van der Waals surface area contributed by atoms with Crippen molar-refractivity contribution in [3.8, 4) is 11.5 Å². The Kier molecular flexibility index (Phi) is 8.55. The van der Waals surface area contributed by atoms with E-state index < -0.39 is 0 Å². The molecule has 4 heteroatoms. The van der Waals surface area contributed by atoms with Crippen LogP contribution in [0.2, 0.25) is 0 Å². The predicted molar refractivity (Wildman–Crippen MR) is 66.2 cm³/mol. The van der Waals surface area contributed by atoms with Gasteiger partial charge >= 0.3 is 5.97 Å². The summed E-state index contributed by atoms with van der Waals surface area (Å²) in [6, 6.07) is 6.84. The number of methoxy groups -OCH3 is 1. The van der Waals surface area contributed by atoms with Crippen molar-refractivity contribution < 1.29 is 19.4 Å². The Morgan fingerprint density at radius 2 is 1.94 bits per heavy atom. The van der Waals surface area contributed by atoms with Gasteiger partial charge in [0.05, 0.1) is 13.7 Å². The molecule has 0 aromatic heterocycles. The lowest BCUT2D eigenvalue weighted by Crippen LogP contribution is -2.01. The van der Waals surface area contributed by atoms with E-state index in [1.807, 2.05) is 13.8 Å². The summed E-state index contributed by atoms with van der Waals surface area (Å²) in [6.07, 6.45) is 1.42. The van der Waals surface area contributed by atoms with Crippen LogP contribution in [0.25, 0.3) is 0 Å². The number of ether oxygens (including phenoxy) is 2. The van der Waals surface area contributed by atoms with Crippen LogP contribution < -0.4 is 4.74 Å². The van der Waals surface area contributed by atoms with Gasteiger partial charge in [-0.3, -0.25) is 4.79 Å². The van der Waals surface area contributed by atoms with E-state index >= 15 is 0 Å². The fourth-order valence-electron chi connectivity index (χ4n) is 1.07. The zero-order chi connectivity index (χ0) is 13.1. The smallest absolute Gasteiger partial charge is 0.305 e. The van der Waals surface area contributed by atoms with Crippen molar-refractivity contribution in [3.63, 3.8) is 0 Å². The molecule has 17 heavy (non-hydrogen) atoms. The highest BCUT2D eigenvalue weighted by molar-refractivity contribution is 5.69. The number of carbonyl (C=O) groups excluding carboxylic acids is 1. The standard InChI is InChI=1S/C7H8O2.C6H12O2/c1-9-7-5-3-2-4-6(7)8;1-3-5-6(7)8-4-2/h2-5,8H,1H3;3-5H2,1-2H3. The Morgan fingerprint density at radius 3 is 2.35 bits per heavy atom. The van der Waals surface area contributed by atoms with E-state index in [1.165, 1.54) is 7.11 Å². The van der Waals surface area contributed by atoms with E-state index in [0.29, 0.717) is 18.8 Å². The third kappa shape index (κ3) is 7.22. The molecular weight excluding hydrogens is 220 g/mol. The first kappa shape index (κ1) is 15.3. The summed E-state index contributed by atoms with van der Waals surface area (Å²) in [5.74, 6) is 0.604. The summed E-state index contributed by atoms with van der Waals surface area (Å²) >= 11 is 0. The lowest BCUT2D eigenvalue weighted by atomic mass is 10.3. The highest BCUT2D eigenvalue weighted by Gasteiger charge is 1.95. The van der Waals surface area contributed by atoms with Crippen LogP contribution in [0, 0.1) is 0 Å². The molecule has 1 rings (SSSR count). The van der Waals surface area contributed by atoms with Gasteiger partial charge in [0.15, 0.2) is 11.5 Å². The molecule has 0 saturated carbocycles. The maximum Gasteiger partial charge on any atom is 0.305 e. The number of aromatic hydroxyl groups is 1. The molecule has 0 unspecified atom stereocenters. The second kappa shape index (κ2) is 9.51. The van der Waals surface area contributed by atoms with Gasteiger partial charge in [-0.1, -0.05) is 19.1 Å². The summed E-state index contributed by atoms with van der Waals surface area (Å²) < 4.78 is 9.44. The first-order valence-electron chi connectivity index (χ1n) is 5.63. The van der Waals surface area contributed by atoms with Crippen molar-refractivity contribution in [2.75, 3.05) is 13.7 Å². The summed E-state index contributed by atoms with van der Waals surface area (Å²) in [7, 11) is 1.52. The van der Waals surface area contributed by atoms with Gasteiger partial charge in [-0.2, -0.15) is 0 Å². The van der Waals surface area contributed by atoms with Crippen LogP contribution >= 0.6 is 0 Å². The molecule has 0 bridgehead atoms. The summed E-state index contributed by atoms with van der Waals surface area (Å²) in [5, 5.41) is 8.99.